The minimum absolute atomic E-state index is 0.0971. The first-order chi connectivity index (χ1) is 10.2. The van der Waals surface area contributed by atoms with Gasteiger partial charge in [-0.3, -0.25) is 0 Å². The molecule has 0 aromatic heterocycles. The van der Waals surface area contributed by atoms with E-state index in [-0.39, 0.29) is 11.4 Å². The van der Waals surface area contributed by atoms with Gasteiger partial charge in [-0.15, -0.1) is 0 Å². The molecular weight excluding hydrogens is 339 g/mol. The molecular formula is C13H16F3NO3S2. The summed E-state index contributed by atoms with van der Waals surface area (Å²) in [6.07, 6.45) is -3.76. The molecule has 1 aliphatic rings. The topological polar surface area (TPSA) is 55.4 Å². The molecule has 0 spiro atoms. The van der Waals surface area contributed by atoms with Gasteiger partial charge >= 0.3 is 6.18 Å². The van der Waals surface area contributed by atoms with Crippen molar-refractivity contribution in [3.05, 3.63) is 29.8 Å². The Labute approximate surface area is 131 Å². The molecule has 0 amide bonds. The van der Waals surface area contributed by atoms with Crippen molar-refractivity contribution in [1.82, 2.24) is 4.72 Å². The van der Waals surface area contributed by atoms with Crippen molar-refractivity contribution < 1.29 is 26.3 Å². The smallest absolute Gasteiger partial charge is 0.376 e. The third kappa shape index (κ3) is 3.95. The van der Waals surface area contributed by atoms with Gasteiger partial charge in [0.25, 0.3) is 0 Å². The molecule has 124 valence electrons. The van der Waals surface area contributed by atoms with Gasteiger partial charge < -0.3 is 4.74 Å². The van der Waals surface area contributed by atoms with Crippen molar-refractivity contribution >= 4 is 21.8 Å². The van der Waals surface area contributed by atoms with Crippen molar-refractivity contribution in [3.8, 4) is 0 Å². The van der Waals surface area contributed by atoms with Crippen molar-refractivity contribution in [1.29, 1.82) is 0 Å². The van der Waals surface area contributed by atoms with Crippen molar-refractivity contribution in [2.75, 3.05) is 25.2 Å². The summed E-state index contributed by atoms with van der Waals surface area (Å²) in [4.78, 5) is -0.197. The van der Waals surface area contributed by atoms with E-state index in [1.165, 1.54) is 7.11 Å². The van der Waals surface area contributed by atoms with Crippen LogP contribution in [0.4, 0.5) is 13.2 Å². The third-order valence-electron chi connectivity index (χ3n) is 3.58. The Morgan fingerprint density at radius 2 is 1.95 bits per heavy atom. The van der Waals surface area contributed by atoms with Gasteiger partial charge in [-0.05, 0) is 36.4 Å². The van der Waals surface area contributed by atoms with Crippen LogP contribution in [0, 0.1) is 0 Å². The summed E-state index contributed by atoms with van der Waals surface area (Å²) in [6, 6.07) is 3.42. The standard InChI is InChI=1S/C13H16F3NO3S2/c1-20-12(6-7-21-9-12)8-17-22(18,19)11-4-2-10(3-5-11)13(14,15)16/h2-5,17H,6-9H2,1H3/t12-/m0/s1. The summed E-state index contributed by atoms with van der Waals surface area (Å²) in [5.41, 5.74) is -1.43. The van der Waals surface area contributed by atoms with Gasteiger partial charge in [-0.1, -0.05) is 0 Å². The van der Waals surface area contributed by atoms with Gasteiger partial charge in [0.15, 0.2) is 0 Å². The number of rotatable bonds is 5. The Hall–Kier alpha value is -0.770. The summed E-state index contributed by atoms with van der Waals surface area (Å²) in [5, 5.41) is 0. The van der Waals surface area contributed by atoms with Crippen LogP contribution in [0.2, 0.25) is 0 Å². The van der Waals surface area contributed by atoms with Crippen LogP contribution < -0.4 is 4.72 Å². The van der Waals surface area contributed by atoms with E-state index in [1.807, 2.05) is 0 Å². The predicted octanol–water partition coefficient (Wildman–Crippen LogP) is 2.51. The summed E-state index contributed by atoms with van der Waals surface area (Å²) in [7, 11) is -2.34. The molecule has 0 unspecified atom stereocenters. The molecule has 1 saturated heterocycles. The Morgan fingerprint density at radius 1 is 1.32 bits per heavy atom. The van der Waals surface area contributed by atoms with Crippen LogP contribution in [0.5, 0.6) is 0 Å². The minimum Gasteiger partial charge on any atom is -0.376 e. The molecule has 9 heteroatoms. The molecule has 1 aromatic rings. The van der Waals surface area contributed by atoms with E-state index in [1.54, 1.807) is 11.8 Å². The summed E-state index contributed by atoms with van der Waals surface area (Å²) in [5.74, 6) is 1.56. The number of halogens is 3. The zero-order valence-corrected chi connectivity index (χ0v) is 13.4. The molecule has 1 atom stereocenters. The monoisotopic (exact) mass is 355 g/mol. The lowest BCUT2D eigenvalue weighted by atomic mass is 10.0. The lowest BCUT2D eigenvalue weighted by molar-refractivity contribution is -0.137. The van der Waals surface area contributed by atoms with Crippen molar-refractivity contribution in [2.45, 2.75) is 23.1 Å². The highest BCUT2D eigenvalue weighted by molar-refractivity contribution is 7.99. The van der Waals surface area contributed by atoms with Crippen LogP contribution in [0.1, 0.15) is 12.0 Å². The van der Waals surface area contributed by atoms with Gasteiger partial charge in [-0.25, -0.2) is 13.1 Å². The average Bonchev–Trinajstić information content (AvgIpc) is 2.94. The first kappa shape index (κ1) is 17.6. The zero-order valence-electron chi connectivity index (χ0n) is 11.8. The van der Waals surface area contributed by atoms with Gasteiger partial charge in [0.2, 0.25) is 10.0 Å². The largest absolute Gasteiger partial charge is 0.416 e. The number of sulfonamides is 1. The predicted molar refractivity (Wildman–Crippen MR) is 78.3 cm³/mol. The quantitative estimate of drug-likeness (QED) is 0.882. The molecule has 2 rings (SSSR count). The zero-order chi connectivity index (χ0) is 16.4. The number of thioether (sulfide) groups is 1. The minimum atomic E-state index is -4.49. The summed E-state index contributed by atoms with van der Waals surface area (Å²) < 4.78 is 69.6. The fourth-order valence-corrected chi connectivity index (χ4v) is 4.61. The van der Waals surface area contributed by atoms with Gasteiger partial charge in [0, 0.05) is 19.4 Å². The molecule has 1 heterocycles. The van der Waals surface area contributed by atoms with E-state index >= 15 is 0 Å². The fourth-order valence-electron chi connectivity index (χ4n) is 2.09. The summed E-state index contributed by atoms with van der Waals surface area (Å²) >= 11 is 1.67. The second kappa shape index (κ2) is 6.38. The van der Waals surface area contributed by atoms with E-state index < -0.39 is 27.4 Å². The van der Waals surface area contributed by atoms with Crippen LogP contribution >= 0.6 is 11.8 Å². The fraction of sp³-hybridized carbons (Fsp3) is 0.538. The molecule has 1 aromatic carbocycles. The van der Waals surface area contributed by atoms with Crippen LogP contribution in [0.3, 0.4) is 0 Å². The molecule has 0 bridgehead atoms. The third-order valence-corrected chi connectivity index (χ3v) is 6.22. The molecule has 0 saturated carbocycles. The van der Waals surface area contributed by atoms with Gasteiger partial charge in [0.1, 0.15) is 0 Å². The van der Waals surface area contributed by atoms with Crippen LogP contribution in [0.15, 0.2) is 29.2 Å². The first-order valence-electron chi connectivity index (χ1n) is 6.48. The molecule has 0 radical (unpaired) electrons. The van der Waals surface area contributed by atoms with E-state index in [0.29, 0.717) is 5.75 Å². The second-order valence-corrected chi connectivity index (χ2v) is 7.91. The van der Waals surface area contributed by atoms with E-state index in [2.05, 4.69) is 4.72 Å². The van der Waals surface area contributed by atoms with E-state index in [0.717, 1.165) is 36.4 Å². The maximum Gasteiger partial charge on any atom is 0.416 e. The Morgan fingerprint density at radius 3 is 2.41 bits per heavy atom. The number of alkyl halides is 3. The van der Waals surface area contributed by atoms with Crippen LogP contribution in [0.25, 0.3) is 0 Å². The van der Waals surface area contributed by atoms with Gasteiger partial charge in [0.05, 0.1) is 16.1 Å². The van der Waals surface area contributed by atoms with Crippen LogP contribution in [-0.4, -0.2) is 39.2 Å². The Balaban J connectivity index is 2.10. The lowest BCUT2D eigenvalue weighted by Gasteiger charge is -2.26. The molecule has 1 N–H and O–H groups in total. The highest BCUT2D eigenvalue weighted by Gasteiger charge is 2.36. The normalized spacial score (nSPS) is 22.9. The number of hydrogen-bond acceptors (Lipinski definition) is 4. The average molecular weight is 355 g/mol. The number of benzene rings is 1. The Bertz CT molecular complexity index is 608. The number of hydrogen-bond donors (Lipinski definition) is 1. The van der Waals surface area contributed by atoms with Crippen molar-refractivity contribution in [3.63, 3.8) is 0 Å². The van der Waals surface area contributed by atoms with Crippen LogP contribution in [-0.2, 0) is 20.9 Å². The molecule has 1 aliphatic heterocycles. The summed E-state index contributed by atoms with van der Waals surface area (Å²) in [6.45, 7) is 0.0971. The van der Waals surface area contributed by atoms with E-state index in [9.17, 15) is 21.6 Å². The maximum absolute atomic E-state index is 12.5. The van der Waals surface area contributed by atoms with Gasteiger partial charge in [-0.2, -0.15) is 24.9 Å². The second-order valence-electron chi connectivity index (χ2n) is 5.04. The van der Waals surface area contributed by atoms with E-state index in [4.69, 9.17) is 4.74 Å². The molecule has 0 aliphatic carbocycles. The molecule has 4 nitrogen and oxygen atoms in total. The number of nitrogens with one attached hydrogen (secondary N) is 1. The highest BCUT2D eigenvalue weighted by atomic mass is 32.2. The number of ether oxygens (including phenoxy) is 1. The molecule has 22 heavy (non-hydrogen) atoms. The maximum atomic E-state index is 12.5. The SMILES string of the molecule is CO[C@]1(CNS(=O)(=O)c2ccc(C(F)(F)F)cc2)CCSC1. The molecule has 1 fully saturated rings. The van der Waals surface area contributed by atoms with Crippen molar-refractivity contribution in [2.24, 2.45) is 0 Å². The highest BCUT2D eigenvalue weighted by Crippen LogP contribution is 2.31. The number of methoxy groups -OCH3 is 1. The lowest BCUT2D eigenvalue weighted by Crippen LogP contribution is -2.44. The Kier molecular flexibility index (Phi) is 5.10. The first-order valence-corrected chi connectivity index (χ1v) is 9.12.